The summed E-state index contributed by atoms with van der Waals surface area (Å²) in [5, 5.41) is -0.0120. The summed E-state index contributed by atoms with van der Waals surface area (Å²) in [5.74, 6) is 1.19. The number of nitrogens with one attached hydrogen (secondary N) is 2. The molecule has 0 amide bonds. The van der Waals surface area contributed by atoms with Gasteiger partial charge in [0.15, 0.2) is 0 Å². The molecule has 3 aromatic rings. The predicted molar refractivity (Wildman–Crippen MR) is 103 cm³/mol. The second-order valence-electron chi connectivity index (χ2n) is 6.63. The monoisotopic (exact) mass is 407 g/mol. The number of aromatic amines is 2. The van der Waals surface area contributed by atoms with Crippen molar-refractivity contribution in [2.45, 2.75) is 18.4 Å². The van der Waals surface area contributed by atoms with Gasteiger partial charge in [-0.05, 0) is 39.2 Å². The van der Waals surface area contributed by atoms with E-state index in [0.717, 1.165) is 6.20 Å². The summed E-state index contributed by atoms with van der Waals surface area (Å²) in [5.41, 5.74) is -1.39. The first-order valence-corrected chi connectivity index (χ1v) is 9.93. The van der Waals surface area contributed by atoms with Crippen molar-refractivity contribution in [2.75, 3.05) is 27.2 Å². The van der Waals surface area contributed by atoms with Crippen LogP contribution in [0.5, 0.6) is 0 Å². The van der Waals surface area contributed by atoms with Crippen LogP contribution in [0.2, 0.25) is 0 Å². The first-order chi connectivity index (χ1) is 13.2. The topological polar surface area (TPSA) is 132 Å². The molecule has 11 heteroatoms. The van der Waals surface area contributed by atoms with Gasteiger partial charge in [0.1, 0.15) is 22.1 Å². The summed E-state index contributed by atoms with van der Waals surface area (Å²) in [7, 11) is -0.280. The van der Waals surface area contributed by atoms with Gasteiger partial charge in [-0.2, -0.15) is 4.31 Å². The number of sulfonamides is 1. The maximum atomic E-state index is 13.2. The maximum Gasteiger partial charge on any atom is 0.327 e. The van der Waals surface area contributed by atoms with Crippen molar-refractivity contribution in [1.82, 2.24) is 24.2 Å². The second kappa shape index (κ2) is 7.70. The molecule has 3 aromatic heterocycles. The third-order valence-corrected chi connectivity index (χ3v) is 5.94. The van der Waals surface area contributed by atoms with Crippen molar-refractivity contribution in [2.24, 2.45) is 0 Å². The van der Waals surface area contributed by atoms with Crippen molar-refractivity contribution in [1.29, 1.82) is 0 Å². The second-order valence-corrected chi connectivity index (χ2v) is 8.57. The summed E-state index contributed by atoms with van der Waals surface area (Å²) in [6, 6.07) is 4.70. The Morgan fingerprint density at radius 3 is 2.54 bits per heavy atom. The summed E-state index contributed by atoms with van der Waals surface area (Å²) < 4.78 is 33.2. The van der Waals surface area contributed by atoms with E-state index in [1.165, 1.54) is 10.4 Å². The Kier molecular flexibility index (Phi) is 5.49. The molecule has 0 unspecified atom stereocenters. The van der Waals surface area contributed by atoms with Gasteiger partial charge in [0.25, 0.3) is 5.56 Å². The molecule has 0 bridgehead atoms. The van der Waals surface area contributed by atoms with Gasteiger partial charge in [-0.1, -0.05) is 0 Å². The van der Waals surface area contributed by atoms with Gasteiger partial charge in [-0.25, -0.2) is 18.2 Å². The van der Waals surface area contributed by atoms with E-state index in [0.29, 0.717) is 18.1 Å². The molecular weight excluding hydrogens is 386 g/mol. The Balaban J connectivity index is 2.03. The average Bonchev–Trinajstić information content (AvgIpc) is 3.02. The van der Waals surface area contributed by atoms with Gasteiger partial charge in [0.2, 0.25) is 10.0 Å². The van der Waals surface area contributed by atoms with Gasteiger partial charge in [-0.15, -0.1) is 0 Å². The highest BCUT2D eigenvalue weighted by atomic mass is 32.2. The smallest absolute Gasteiger partial charge is 0.327 e. The molecule has 0 aliphatic rings. The van der Waals surface area contributed by atoms with E-state index in [9.17, 15) is 18.0 Å². The van der Waals surface area contributed by atoms with Crippen molar-refractivity contribution >= 4 is 21.1 Å². The van der Waals surface area contributed by atoms with E-state index < -0.39 is 21.3 Å². The van der Waals surface area contributed by atoms with Gasteiger partial charge >= 0.3 is 5.69 Å². The zero-order valence-electron chi connectivity index (χ0n) is 15.7. The molecule has 10 nitrogen and oxygen atoms in total. The molecule has 28 heavy (non-hydrogen) atoms. The Labute approximate surface area is 160 Å². The van der Waals surface area contributed by atoms with Crippen molar-refractivity contribution < 1.29 is 12.8 Å². The molecule has 0 aliphatic heterocycles. The van der Waals surface area contributed by atoms with Crippen LogP contribution in [0.3, 0.4) is 0 Å². The minimum Gasteiger partial charge on any atom is -0.465 e. The summed E-state index contributed by atoms with van der Waals surface area (Å²) in [6.45, 7) is 2.54. The van der Waals surface area contributed by atoms with Crippen LogP contribution in [-0.2, 0) is 16.6 Å². The number of nitrogens with zero attached hydrogens (tertiary/aromatic N) is 3. The number of pyridine rings is 1. The fraction of sp³-hybridized carbons (Fsp3) is 0.353. The number of hydrogen-bond acceptors (Lipinski definition) is 7. The lowest BCUT2D eigenvalue weighted by Gasteiger charge is -2.23. The van der Waals surface area contributed by atoms with Crippen LogP contribution in [0, 0.1) is 6.92 Å². The molecular formula is C17H21N5O5S. The Morgan fingerprint density at radius 1 is 1.14 bits per heavy atom. The maximum absolute atomic E-state index is 13.2. The molecule has 0 fully saturated rings. The minimum absolute atomic E-state index is 0.0120. The molecule has 0 saturated carbocycles. The number of likely N-dealkylation sites (N-methyl/N-ethyl adjacent to an activating group) is 1. The van der Waals surface area contributed by atoms with Gasteiger partial charge in [0, 0.05) is 19.3 Å². The number of aromatic nitrogens is 3. The highest BCUT2D eigenvalue weighted by Crippen LogP contribution is 2.20. The lowest BCUT2D eigenvalue weighted by atomic mass is 10.3. The quantitative estimate of drug-likeness (QED) is 0.574. The number of H-pyrrole nitrogens is 2. The number of aryl methyl sites for hydroxylation is 1. The third-order valence-electron chi connectivity index (χ3n) is 4.13. The van der Waals surface area contributed by atoms with Gasteiger partial charge < -0.3 is 9.32 Å². The molecule has 0 radical (unpaired) electrons. The van der Waals surface area contributed by atoms with E-state index in [1.54, 1.807) is 19.1 Å². The zero-order valence-corrected chi connectivity index (χ0v) is 16.5. The number of hydrogen-bond donors (Lipinski definition) is 2. The molecule has 150 valence electrons. The van der Waals surface area contributed by atoms with Gasteiger partial charge in [-0.3, -0.25) is 14.8 Å². The Morgan fingerprint density at radius 2 is 1.89 bits per heavy atom. The lowest BCUT2D eigenvalue weighted by molar-refractivity contribution is 0.310. The minimum atomic E-state index is -3.96. The predicted octanol–water partition coefficient (Wildman–Crippen LogP) is 0.265. The number of fused-ring (bicyclic) bond motifs is 1. The average molecular weight is 407 g/mol. The normalized spacial score (nSPS) is 12.3. The molecule has 0 atom stereocenters. The molecule has 0 aliphatic carbocycles. The molecule has 0 saturated heterocycles. The highest BCUT2D eigenvalue weighted by molar-refractivity contribution is 7.89. The Hall–Kier alpha value is -2.76. The van der Waals surface area contributed by atoms with E-state index in [1.807, 2.05) is 19.0 Å². The van der Waals surface area contributed by atoms with Crippen LogP contribution in [0.15, 0.2) is 43.3 Å². The summed E-state index contributed by atoms with van der Waals surface area (Å²) in [6.07, 6.45) is 1.13. The summed E-state index contributed by atoms with van der Waals surface area (Å²) >= 11 is 0. The van der Waals surface area contributed by atoms with E-state index >= 15 is 0 Å². The van der Waals surface area contributed by atoms with Crippen LogP contribution in [0.25, 0.3) is 11.0 Å². The molecule has 0 aromatic carbocycles. The fourth-order valence-corrected chi connectivity index (χ4v) is 4.03. The lowest BCUT2D eigenvalue weighted by Crippen LogP contribution is -2.36. The van der Waals surface area contributed by atoms with E-state index in [2.05, 4.69) is 15.0 Å². The largest absolute Gasteiger partial charge is 0.465 e. The molecule has 0 spiro atoms. The summed E-state index contributed by atoms with van der Waals surface area (Å²) in [4.78, 5) is 33.5. The van der Waals surface area contributed by atoms with E-state index in [-0.39, 0.29) is 29.0 Å². The number of furan rings is 1. The zero-order chi connectivity index (χ0) is 20.5. The standard InChI is InChI=1S/C17H21N5O5S/c1-11-4-5-12(27-11)10-22(7-6-21(2)3)28(25,26)13-8-14-15(18-9-13)19-17(24)20-16(14)23/h4-5,8-9H,6-7,10H2,1-3H3,(H2,18,19,20,23,24). The molecule has 2 N–H and O–H groups in total. The van der Waals surface area contributed by atoms with Crippen LogP contribution >= 0.6 is 0 Å². The van der Waals surface area contributed by atoms with Crippen LogP contribution in [0.4, 0.5) is 0 Å². The van der Waals surface area contributed by atoms with Crippen LogP contribution in [-0.4, -0.2) is 59.8 Å². The van der Waals surface area contributed by atoms with Crippen molar-refractivity contribution in [3.05, 3.63) is 56.8 Å². The molecule has 3 heterocycles. The van der Waals surface area contributed by atoms with Gasteiger partial charge in [0.05, 0.1) is 11.9 Å². The first kappa shape index (κ1) is 20.0. The number of rotatable bonds is 7. The van der Waals surface area contributed by atoms with Crippen molar-refractivity contribution in [3.8, 4) is 0 Å². The van der Waals surface area contributed by atoms with E-state index in [4.69, 9.17) is 4.42 Å². The van der Waals surface area contributed by atoms with Crippen LogP contribution in [0.1, 0.15) is 11.5 Å². The highest BCUT2D eigenvalue weighted by Gasteiger charge is 2.27. The first-order valence-electron chi connectivity index (χ1n) is 8.49. The SMILES string of the molecule is Cc1ccc(CN(CCN(C)C)S(=O)(=O)c2cnc3[nH]c(=O)[nH]c(=O)c3c2)o1. The third kappa shape index (κ3) is 4.21. The Bertz CT molecular complexity index is 1210. The fourth-order valence-electron chi connectivity index (χ4n) is 2.66. The molecule has 3 rings (SSSR count). The van der Waals surface area contributed by atoms with Crippen molar-refractivity contribution in [3.63, 3.8) is 0 Å². The van der Waals surface area contributed by atoms with Crippen LogP contribution < -0.4 is 11.2 Å².